The monoisotopic (exact) mass is 1200 g/mol. The number of halogens is 9. The summed E-state index contributed by atoms with van der Waals surface area (Å²) in [6.45, 7) is 22.7. The molecule has 0 aliphatic heterocycles. The molecule has 2 atom stereocenters. The average Bonchev–Trinajstić information content (AvgIpc) is 3.44. The van der Waals surface area contributed by atoms with E-state index in [-0.39, 0.29) is 43.0 Å². The summed E-state index contributed by atoms with van der Waals surface area (Å²) in [7, 11) is 0. The Labute approximate surface area is 476 Å². The highest BCUT2D eigenvalue weighted by atomic mass is 20.0. The standard InChI is InChI=1S/C19H21F3O3.C17H15F3O3.C8H16O3.C6H10O3.C5H10O2.C3H4O2.F2.FH/c1-3-13(2)14-4-5-16-11-17(7-6-15(16)10-14)25-12-18(23)24-9-8-19(20,21)22;1-2-12-3-4-14-10-15(6-5-13(14)9-12)23-11-16(21)22-8-7-17(18,19)20;1-4-8(2,3)7(10)11-6-5-9;1-5(2)6(8)9-4-3-7;1-3-4(2)5(6)7;1-2-3(4)5;1-2;/h4-7,10-11,13H,3,8-9,12H2,1-2H3;2-6,9-10H,1,7-8,11H2;9H,4-6H2,1-3H3;7H,1,3-4H2,2H3;4H,3H2,1-2H3,(H,6,7);2H,1H2,(H,4,5);;1H. The van der Waals surface area contributed by atoms with Crippen LogP contribution < -0.4 is 9.47 Å². The van der Waals surface area contributed by atoms with Crippen LogP contribution in [0.4, 0.5) is 40.2 Å². The highest BCUT2D eigenvalue weighted by Crippen LogP contribution is 2.27. The lowest BCUT2D eigenvalue weighted by molar-refractivity contribution is -0.162. The average molecular weight is 1200 g/mol. The van der Waals surface area contributed by atoms with E-state index in [1.807, 2.05) is 64.1 Å². The second-order valence-electron chi connectivity index (χ2n) is 17.7. The Morgan fingerprint density at radius 2 is 1.02 bits per heavy atom. The molecule has 4 aromatic carbocycles. The third-order valence-electron chi connectivity index (χ3n) is 10.7. The summed E-state index contributed by atoms with van der Waals surface area (Å²) in [5.74, 6) is -2.83. The quantitative estimate of drug-likeness (QED) is 0.0234. The third kappa shape index (κ3) is 41.0. The minimum atomic E-state index is -4.34. The van der Waals surface area contributed by atoms with E-state index in [2.05, 4.69) is 59.9 Å². The molecule has 0 fully saturated rings. The van der Waals surface area contributed by atoms with Gasteiger partial charge in [-0.3, -0.25) is 14.3 Å². The number of esters is 4. The zero-order chi connectivity index (χ0) is 63.6. The zero-order valence-corrected chi connectivity index (χ0v) is 47.7. The summed E-state index contributed by atoms with van der Waals surface area (Å²) in [6, 6.07) is 22.6. The Hall–Kier alpha value is -7.67. The first kappa shape index (κ1) is 81.8. The zero-order valence-electron chi connectivity index (χ0n) is 47.7. The lowest BCUT2D eigenvalue weighted by atomic mass is 9.91. The second-order valence-corrected chi connectivity index (χ2v) is 17.7. The van der Waals surface area contributed by atoms with E-state index < -0.39 is 86.9 Å². The normalized spacial score (nSPS) is 11.0. The number of fused-ring (bicyclic) bond motifs is 2. The molecule has 0 aromatic heterocycles. The number of carboxylic acids is 2. The minimum Gasteiger partial charge on any atom is -0.482 e. The fraction of sp³-hybridized carbons (Fsp3) is 0.448. The van der Waals surface area contributed by atoms with Gasteiger partial charge in [0, 0.05) is 20.8 Å². The van der Waals surface area contributed by atoms with Gasteiger partial charge in [-0.1, -0.05) is 103 Å². The number of carboxylic acid groups (broad SMARTS) is 2. The maximum atomic E-state index is 12.0. The van der Waals surface area contributed by atoms with Crippen LogP contribution in [0.15, 0.2) is 104 Å². The van der Waals surface area contributed by atoms with Crippen molar-refractivity contribution in [2.45, 2.75) is 106 Å². The molecule has 0 heterocycles. The smallest absolute Gasteiger partial charge is 0.392 e. The van der Waals surface area contributed by atoms with Gasteiger partial charge in [0.05, 0.1) is 37.4 Å². The van der Waals surface area contributed by atoms with Crippen LogP contribution in [0, 0.1) is 11.3 Å². The molecular formula is C58H77F9O16. The Morgan fingerprint density at radius 3 is 1.37 bits per heavy atom. The molecule has 4 N–H and O–H groups in total. The van der Waals surface area contributed by atoms with Crippen molar-refractivity contribution in [3.05, 3.63) is 115 Å². The molecule has 0 aliphatic rings. The van der Waals surface area contributed by atoms with E-state index >= 15 is 0 Å². The van der Waals surface area contributed by atoms with Crippen LogP contribution in [0.5, 0.6) is 11.5 Å². The second kappa shape index (κ2) is 44.9. The van der Waals surface area contributed by atoms with Crippen LogP contribution in [0.2, 0.25) is 0 Å². The number of hydrogen-bond acceptors (Lipinski definition) is 14. The van der Waals surface area contributed by atoms with Crippen molar-refractivity contribution in [2.75, 3.05) is 52.9 Å². The number of rotatable bonds is 23. The molecule has 0 saturated carbocycles. The molecule has 0 bridgehead atoms. The maximum Gasteiger partial charge on any atom is 0.392 e. The molecule has 468 valence electrons. The van der Waals surface area contributed by atoms with Crippen molar-refractivity contribution in [2.24, 2.45) is 11.3 Å². The number of alkyl halides is 6. The van der Waals surface area contributed by atoms with E-state index in [0.717, 1.165) is 52.4 Å². The van der Waals surface area contributed by atoms with Crippen molar-refractivity contribution in [1.82, 2.24) is 0 Å². The van der Waals surface area contributed by atoms with Gasteiger partial charge in [-0.05, 0) is 109 Å². The van der Waals surface area contributed by atoms with E-state index in [0.29, 0.717) is 23.0 Å². The number of carbonyl (C=O) groups excluding carboxylic acids is 4. The van der Waals surface area contributed by atoms with Crippen LogP contribution >= 0.6 is 0 Å². The number of benzene rings is 4. The fourth-order valence-corrected chi connectivity index (χ4v) is 5.18. The SMILES string of the molecule is C=C(C)C(=O)OCCO.C=CC(=O)O.C=Cc1ccc2cc(OCC(=O)OCCC(F)(F)F)ccc2c1.CCC(C)(C)C(=O)OCCO.CCC(C)C(=O)O.CCC(C)c1ccc2cc(OCC(=O)OCCC(F)(F)F)ccc2c1.F.FF. The molecule has 16 nitrogen and oxygen atoms in total. The summed E-state index contributed by atoms with van der Waals surface area (Å²) >= 11 is 0. The van der Waals surface area contributed by atoms with Crippen molar-refractivity contribution < 1.29 is 118 Å². The van der Waals surface area contributed by atoms with Gasteiger partial charge in [-0.2, -0.15) is 26.3 Å². The number of aliphatic hydroxyl groups excluding tert-OH is 2. The number of carbonyl (C=O) groups is 6. The van der Waals surface area contributed by atoms with Crippen LogP contribution in [-0.4, -0.2) is 121 Å². The molecule has 25 heteroatoms. The first-order valence-electron chi connectivity index (χ1n) is 25.2. The first-order chi connectivity index (χ1) is 38.3. The molecule has 0 radical (unpaired) electrons. The molecule has 4 aromatic rings. The van der Waals surface area contributed by atoms with Gasteiger partial charge in [0.2, 0.25) is 0 Å². The predicted octanol–water partition coefficient (Wildman–Crippen LogP) is 13.0. The van der Waals surface area contributed by atoms with Crippen molar-refractivity contribution in [3.63, 3.8) is 0 Å². The Balaban J connectivity index is -0.000000489. The highest BCUT2D eigenvalue weighted by Gasteiger charge is 2.29. The van der Waals surface area contributed by atoms with E-state index in [1.54, 1.807) is 44.2 Å². The van der Waals surface area contributed by atoms with Crippen LogP contribution in [0.25, 0.3) is 27.6 Å². The lowest BCUT2D eigenvalue weighted by Crippen LogP contribution is -2.26. The van der Waals surface area contributed by atoms with E-state index in [4.69, 9.17) is 43.8 Å². The Morgan fingerprint density at radius 1 is 0.614 bits per heavy atom. The summed E-state index contributed by atoms with van der Waals surface area (Å²) in [5, 5.41) is 36.3. The van der Waals surface area contributed by atoms with Crippen molar-refractivity contribution in [3.8, 4) is 11.5 Å². The maximum absolute atomic E-state index is 12.0. The van der Waals surface area contributed by atoms with E-state index in [1.165, 1.54) is 5.56 Å². The van der Waals surface area contributed by atoms with Gasteiger partial charge >= 0.3 is 48.2 Å². The van der Waals surface area contributed by atoms with Gasteiger partial charge in [-0.25, -0.2) is 19.2 Å². The minimum absolute atomic E-state index is 0. The van der Waals surface area contributed by atoms with Crippen molar-refractivity contribution >= 4 is 63.4 Å². The van der Waals surface area contributed by atoms with Gasteiger partial charge in [0.1, 0.15) is 37.9 Å². The highest BCUT2D eigenvalue weighted by molar-refractivity contribution is 5.87. The van der Waals surface area contributed by atoms with Crippen LogP contribution in [-0.2, 0) is 47.7 Å². The lowest BCUT2D eigenvalue weighted by Gasteiger charge is -2.19. The van der Waals surface area contributed by atoms with Gasteiger partial charge in [-0.15, -0.1) is 0 Å². The summed E-state index contributed by atoms with van der Waals surface area (Å²) < 4.78 is 116. The summed E-state index contributed by atoms with van der Waals surface area (Å²) in [6.07, 6.45) is -5.92. The van der Waals surface area contributed by atoms with Gasteiger partial charge in [0.25, 0.3) is 0 Å². The predicted molar refractivity (Wildman–Crippen MR) is 296 cm³/mol. The summed E-state index contributed by atoms with van der Waals surface area (Å²) in [4.78, 5) is 63.5. The number of hydrogen-bond donors (Lipinski definition) is 4. The Kier molecular flexibility index (Phi) is 44.3. The first-order valence-corrected chi connectivity index (χ1v) is 25.2. The van der Waals surface area contributed by atoms with Crippen LogP contribution in [0.1, 0.15) is 105 Å². The van der Waals surface area contributed by atoms with Crippen LogP contribution in [0.3, 0.4) is 0 Å². The molecule has 0 amide bonds. The van der Waals surface area contributed by atoms with E-state index in [9.17, 15) is 55.1 Å². The number of aliphatic carboxylic acids is 2. The molecule has 0 aliphatic carbocycles. The number of ether oxygens (including phenoxy) is 6. The third-order valence-corrected chi connectivity index (χ3v) is 10.7. The summed E-state index contributed by atoms with van der Waals surface area (Å²) in [5.41, 5.74) is 2.18. The molecule has 0 saturated heterocycles. The van der Waals surface area contributed by atoms with Crippen molar-refractivity contribution in [1.29, 1.82) is 0 Å². The largest absolute Gasteiger partial charge is 0.482 e. The molecule has 0 spiro atoms. The Bertz CT molecular complexity index is 2570. The molecule has 4 rings (SSSR count). The van der Waals surface area contributed by atoms with Gasteiger partial charge < -0.3 is 48.8 Å². The molecule has 2 unspecified atom stereocenters. The fourth-order valence-electron chi connectivity index (χ4n) is 5.18. The molecular weight excluding hydrogens is 1120 g/mol. The molecule has 83 heavy (non-hydrogen) atoms. The van der Waals surface area contributed by atoms with Gasteiger partial charge in [0.15, 0.2) is 13.2 Å². The number of aliphatic hydroxyl groups is 2. The topological polar surface area (TPSA) is 239 Å².